The summed E-state index contributed by atoms with van der Waals surface area (Å²) in [4.78, 5) is 10.9. The van der Waals surface area contributed by atoms with Crippen LogP contribution in [0.3, 0.4) is 0 Å². The minimum Gasteiger partial charge on any atom is -0.449 e. The van der Waals surface area contributed by atoms with Gasteiger partial charge in [0.2, 0.25) is 0 Å². The van der Waals surface area contributed by atoms with E-state index in [-0.39, 0.29) is 0 Å². The Morgan fingerprint density at radius 2 is 2.16 bits per heavy atom. The number of hydrogen-bond donors (Lipinski definition) is 0. The van der Waals surface area contributed by atoms with E-state index in [1.165, 1.54) is 18.4 Å². The van der Waals surface area contributed by atoms with Gasteiger partial charge in [-0.15, -0.1) is 0 Å². The van der Waals surface area contributed by atoms with Crippen molar-refractivity contribution in [3.05, 3.63) is 48.4 Å². The Morgan fingerprint density at radius 1 is 1.26 bits per heavy atom. The maximum Gasteiger partial charge on any atom is 0.194 e. The lowest BCUT2D eigenvalue weighted by molar-refractivity contribution is 0.172. The van der Waals surface area contributed by atoms with E-state index in [1.807, 2.05) is 18.5 Å². The maximum absolute atomic E-state index is 5.33. The molecule has 1 fully saturated rings. The van der Waals surface area contributed by atoms with Crippen LogP contribution in [0.15, 0.2) is 41.4 Å². The van der Waals surface area contributed by atoms with Gasteiger partial charge in [-0.05, 0) is 43.5 Å². The lowest BCUT2D eigenvalue weighted by Crippen LogP contribution is -2.33. The molecule has 100 valence electrons. The van der Waals surface area contributed by atoms with Gasteiger partial charge in [-0.2, -0.15) is 0 Å². The summed E-state index contributed by atoms with van der Waals surface area (Å²) < 4.78 is 5.33. The monoisotopic (exact) mass is 257 g/mol. The molecule has 19 heavy (non-hydrogen) atoms. The van der Waals surface area contributed by atoms with Gasteiger partial charge < -0.3 is 4.42 Å². The topological polar surface area (TPSA) is 42.2 Å². The Bertz CT molecular complexity index is 475. The number of aromatic nitrogens is 2. The minimum absolute atomic E-state index is 0.712. The van der Waals surface area contributed by atoms with Crippen molar-refractivity contribution in [1.82, 2.24) is 14.9 Å². The zero-order valence-electron chi connectivity index (χ0n) is 11.0. The summed E-state index contributed by atoms with van der Waals surface area (Å²) in [6.45, 7) is 3.32. The predicted octanol–water partition coefficient (Wildman–Crippen LogP) is 2.52. The molecule has 0 aliphatic carbocycles. The third kappa shape index (κ3) is 3.41. The van der Waals surface area contributed by atoms with E-state index in [1.54, 1.807) is 12.5 Å². The quantitative estimate of drug-likeness (QED) is 0.844. The first-order valence-corrected chi connectivity index (χ1v) is 6.90. The van der Waals surface area contributed by atoms with E-state index in [2.05, 4.69) is 20.9 Å². The zero-order chi connectivity index (χ0) is 12.9. The molecule has 0 radical (unpaired) electrons. The fourth-order valence-corrected chi connectivity index (χ4v) is 2.70. The van der Waals surface area contributed by atoms with Crippen LogP contribution in [-0.4, -0.2) is 28.0 Å². The second-order valence-corrected chi connectivity index (χ2v) is 5.21. The number of oxazole rings is 1. The van der Waals surface area contributed by atoms with E-state index in [9.17, 15) is 0 Å². The summed E-state index contributed by atoms with van der Waals surface area (Å²) in [7, 11) is 0. The third-order valence-corrected chi connectivity index (χ3v) is 3.78. The maximum atomic E-state index is 5.33. The molecular formula is C15H19N3O. The summed E-state index contributed by atoms with van der Waals surface area (Å²) in [6, 6.07) is 4.15. The first-order chi connectivity index (χ1) is 9.40. The Balaban J connectivity index is 1.47. The summed E-state index contributed by atoms with van der Waals surface area (Å²) in [6.07, 6.45) is 10.6. The highest BCUT2D eigenvalue weighted by molar-refractivity contribution is 5.08. The van der Waals surface area contributed by atoms with Crippen LogP contribution in [0.5, 0.6) is 0 Å². The second kappa shape index (κ2) is 5.97. The number of hydrogen-bond acceptors (Lipinski definition) is 4. The zero-order valence-corrected chi connectivity index (χ0v) is 11.0. The van der Waals surface area contributed by atoms with Crippen molar-refractivity contribution < 1.29 is 4.42 Å². The number of likely N-dealkylation sites (tertiary alicyclic amines) is 1. The van der Waals surface area contributed by atoms with Crippen molar-refractivity contribution in [3.8, 4) is 0 Å². The molecule has 2 aromatic rings. The van der Waals surface area contributed by atoms with Crippen molar-refractivity contribution in [2.45, 2.75) is 25.8 Å². The van der Waals surface area contributed by atoms with Crippen LogP contribution < -0.4 is 0 Å². The highest BCUT2D eigenvalue weighted by atomic mass is 16.3. The van der Waals surface area contributed by atoms with Crippen LogP contribution in [0.25, 0.3) is 0 Å². The molecular weight excluding hydrogens is 238 g/mol. The summed E-state index contributed by atoms with van der Waals surface area (Å²) in [5.41, 5.74) is 1.30. The number of pyridine rings is 1. The van der Waals surface area contributed by atoms with Crippen molar-refractivity contribution in [2.75, 3.05) is 13.1 Å². The van der Waals surface area contributed by atoms with Crippen molar-refractivity contribution in [3.63, 3.8) is 0 Å². The molecule has 0 amide bonds. The lowest BCUT2D eigenvalue weighted by atomic mass is 9.93. The van der Waals surface area contributed by atoms with Gasteiger partial charge in [0, 0.05) is 25.4 Å². The number of rotatable bonds is 4. The third-order valence-electron chi connectivity index (χ3n) is 3.78. The first-order valence-electron chi connectivity index (χ1n) is 6.90. The summed E-state index contributed by atoms with van der Waals surface area (Å²) >= 11 is 0. The van der Waals surface area contributed by atoms with Gasteiger partial charge in [-0.1, -0.05) is 6.07 Å². The van der Waals surface area contributed by atoms with Gasteiger partial charge >= 0.3 is 0 Å². The molecule has 0 unspecified atom stereocenters. The largest absolute Gasteiger partial charge is 0.449 e. The average molecular weight is 257 g/mol. The van der Waals surface area contributed by atoms with Crippen LogP contribution in [0.4, 0.5) is 0 Å². The molecule has 0 bridgehead atoms. The van der Waals surface area contributed by atoms with Crippen LogP contribution in [0.1, 0.15) is 24.3 Å². The molecule has 0 atom stereocenters. The molecule has 4 nitrogen and oxygen atoms in total. The molecule has 2 aromatic heterocycles. The second-order valence-electron chi connectivity index (χ2n) is 5.21. The number of nitrogens with zero attached hydrogens (tertiary/aromatic N) is 3. The van der Waals surface area contributed by atoms with E-state index in [4.69, 9.17) is 4.42 Å². The van der Waals surface area contributed by atoms with E-state index < -0.39 is 0 Å². The van der Waals surface area contributed by atoms with E-state index in [0.717, 1.165) is 31.9 Å². The Labute approximate surface area is 113 Å². The fourth-order valence-electron chi connectivity index (χ4n) is 2.70. The van der Waals surface area contributed by atoms with Crippen molar-refractivity contribution in [2.24, 2.45) is 5.92 Å². The van der Waals surface area contributed by atoms with Gasteiger partial charge in [-0.3, -0.25) is 9.88 Å². The number of piperidine rings is 1. The predicted molar refractivity (Wildman–Crippen MR) is 72.4 cm³/mol. The standard InChI is InChI=1S/C15H19N3O/c1-2-14(11-16-5-1)12-18-7-3-13(4-8-18)10-15-17-6-9-19-15/h1-2,5-6,9,11,13H,3-4,7-8,10,12H2. The van der Waals surface area contributed by atoms with Crippen molar-refractivity contribution >= 4 is 0 Å². The van der Waals surface area contributed by atoms with Gasteiger partial charge in [0.1, 0.15) is 6.26 Å². The highest BCUT2D eigenvalue weighted by Gasteiger charge is 2.20. The van der Waals surface area contributed by atoms with Gasteiger partial charge in [0.15, 0.2) is 5.89 Å². The van der Waals surface area contributed by atoms with Crippen LogP contribution >= 0.6 is 0 Å². The summed E-state index contributed by atoms with van der Waals surface area (Å²) in [5.74, 6) is 1.59. The average Bonchev–Trinajstić information content (AvgIpc) is 2.95. The van der Waals surface area contributed by atoms with Gasteiger partial charge in [-0.25, -0.2) is 4.98 Å². The van der Waals surface area contributed by atoms with Gasteiger partial charge in [0.05, 0.1) is 6.20 Å². The molecule has 0 saturated carbocycles. The molecule has 1 saturated heterocycles. The van der Waals surface area contributed by atoms with Gasteiger partial charge in [0.25, 0.3) is 0 Å². The molecule has 3 rings (SSSR count). The highest BCUT2D eigenvalue weighted by Crippen LogP contribution is 2.22. The first kappa shape index (κ1) is 12.4. The lowest BCUT2D eigenvalue weighted by Gasteiger charge is -2.31. The molecule has 0 spiro atoms. The van der Waals surface area contributed by atoms with E-state index >= 15 is 0 Å². The smallest absolute Gasteiger partial charge is 0.194 e. The van der Waals surface area contributed by atoms with Crippen LogP contribution in [0.2, 0.25) is 0 Å². The SMILES string of the molecule is c1cncc(CN2CCC(Cc3ncco3)CC2)c1. The molecule has 0 aromatic carbocycles. The van der Waals surface area contributed by atoms with Crippen LogP contribution in [-0.2, 0) is 13.0 Å². The normalized spacial score (nSPS) is 17.7. The summed E-state index contributed by atoms with van der Waals surface area (Å²) in [5, 5.41) is 0. The van der Waals surface area contributed by atoms with Crippen LogP contribution in [0, 0.1) is 5.92 Å². The fraction of sp³-hybridized carbons (Fsp3) is 0.467. The Morgan fingerprint density at radius 3 is 2.84 bits per heavy atom. The molecule has 1 aliphatic heterocycles. The van der Waals surface area contributed by atoms with E-state index in [0.29, 0.717) is 5.92 Å². The molecule has 4 heteroatoms. The Hall–Kier alpha value is -1.68. The molecule has 0 N–H and O–H groups in total. The Kier molecular flexibility index (Phi) is 3.89. The molecule has 1 aliphatic rings. The van der Waals surface area contributed by atoms with Crippen molar-refractivity contribution in [1.29, 1.82) is 0 Å². The molecule has 3 heterocycles. The minimum atomic E-state index is 0.712.